The number of nitrogens with two attached hydrogens (primary N) is 1. The van der Waals surface area contributed by atoms with Crippen LogP contribution in [0.2, 0.25) is 0 Å². The lowest BCUT2D eigenvalue weighted by atomic mass is 10.3. The van der Waals surface area contributed by atoms with Crippen molar-refractivity contribution in [3.63, 3.8) is 0 Å². The molecule has 0 saturated carbocycles. The zero-order chi connectivity index (χ0) is 11.7. The van der Waals surface area contributed by atoms with Gasteiger partial charge in [0.1, 0.15) is 5.03 Å². The summed E-state index contributed by atoms with van der Waals surface area (Å²) in [4.78, 5) is 1.10. The lowest BCUT2D eigenvalue weighted by molar-refractivity contribution is 0.688. The van der Waals surface area contributed by atoms with Crippen molar-refractivity contribution in [1.29, 1.82) is 0 Å². The number of hydrogen-bond donors (Lipinski definition) is 1. The van der Waals surface area contributed by atoms with E-state index >= 15 is 0 Å². The Balaban J connectivity index is 2.33. The van der Waals surface area contributed by atoms with Gasteiger partial charge in [0.15, 0.2) is 0 Å². The highest BCUT2D eigenvalue weighted by Gasteiger charge is 2.13. The molecule has 0 aromatic carbocycles. The molecule has 86 valence electrons. The van der Waals surface area contributed by atoms with E-state index in [4.69, 9.17) is 5.73 Å². The van der Waals surface area contributed by atoms with Gasteiger partial charge >= 0.3 is 0 Å². The van der Waals surface area contributed by atoms with Gasteiger partial charge in [-0.3, -0.25) is 9.36 Å². The lowest BCUT2D eigenvalue weighted by Crippen LogP contribution is -1.99. The van der Waals surface area contributed by atoms with E-state index in [2.05, 4.69) is 10.2 Å². The minimum Gasteiger partial charge on any atom is -0.326 e. The highest BCUT2D eigenvalue weighted by atomic mass is 32.2. The second kappa shape index (κ2) is 4.31. The maximum atomic E-state index is 5.74. The zero-order valence-corrected chi connectivity index (χ0v) is 10.5. The van der Waals surface area contributed by atoms with Crippen LogP contribution in [-0.4, -0.2) is 19.6 Å². The molecule has 0 aliphatic heterocycles. The first-order valence-electron chi connectivity index (χ1n) is 5.01. The molecule has 0 bridgehead atoms. The van der Waals surface area contributed by atoms with Crippen LogP contribution in [-0.2, 0) is 20.6 Å². The quantitative estimate of drug-likeness (QED) is 0.867. The van der Waals surface area contributed by atoms with Crippen LogP contribution in [0.15, 0.2) is 22.3 Å². The molecule has 0 fully saturated rings. The summed E-state index contributed by atoms with van der Waals surface area (Å²) in [7, 11) is 3.84. The SMILES string of the molecule is Cc1nn(C)c(Sc2cnn(C)c2)c1CN. The maximum absolute atomic E-state index is 5.74. The number of rotatable bonds is 3. The van der Waals surface area contributed by atoms with Gasteiger partial charge in [0.05, 0.1) is 16.8 Å². The average Bonchev–Trinajstić information content (AvgIpc) is 2.73. The van der Waals surface area contributed by atoms with Crippen LogP contribution in [0.1, 0.15) is 11.3 Å². The molecule has 2 heterocycles. The van der Waals surface area contributed by atoms with Crippen LogP contribution in [0.25, 0.3) is 0 Å². The average molecular weight is 237 g/mol. The van der Waals surface area contributed by atoms with Crippen molar-refractivity contribution in [3.05, 3.63) is 23.7 Å². The third kappa shape index (κ3) is 1.98. The van der Waals surface area contributed by atoms with Crippen LogP contribution < -0.4 is 5.73 Å². The fraction of sp³-hybridized carbons (Fsp3) is 0.400. The summed E-state index contributed by atoms with van der Waals surface area (Å²) < 4.78 is 3.66. The van der Waals surface area contributed by atoms with Gasteiger partial charge in [0, 0.05) is 32.4 Å². The van der Waals surface area contributed by atoms with E-state index in [9.17, 15) is 0 Å². The number of aromatic nitrogens is 4. The van der Waals surface area contributed by atoms with Crippen molar-refractivity contribution in [2.45, 2.75) is 23.4 Å². The fourth-order valence-corrected chi connectivity index (χ4v) is 2.66. The molecule has 6 heteroatoms. The second-order valence-electron chi connectivity index (χ2n) is 3.65. The summed E-state index contributed by atoms with van der Waals surface area (Å²) in [6.45, 7) is 2.50. The van der Waals surface area contributed by atoms with Crippen molar-refractivity contribution < 1.29 is 0 Å². The zero-order valence-electron chi connectivity index (χ0n) is 9.64. The molecule has 2 aromatic rings. The number of nitrogens with zero attached hydrogens (tertiary/aromatic N) is 4. The molecule has 2 aromatic heterocycles. The van der Waals surface area contributed by atoms with Crippen molar-refractivity contribution in [2.24, 2.45) is 19.8 Å². The Labute approximate surface area is 98.6 Å². The highest BCUT2D eigenvalue weighted by molar-refractivity contribution is 7.99. The molecule has 0 spiro atoms. The van der Waals surface area contributed by atoms with Crippen LogP contribution >= 0.6 is 11.8 Å². The smallest absolute Gasteiger partial charge is 0.103 e. The van der Waals surface area contributed by atoms with E-state index in [0.717, 1.165) is 21.2 Å². The third-order valence-electron chi connectivity index (χ3n) is 2.39. The van der Waals surface area contributed by atoms with Crippen molar-refractivity contribution >= 4 is 11.8 Å². The van der Waals surface area contributed by atoms with E-state index in [1.54, 1.807) is 16.4 Å². The van der Waals surface area contributed by atoms with E-state index < -0.39 is 0 Å². The minimum atomic E-state index is 0.516. The van der Waals surface area contributed by atoms with E-state index in [1.807, 2.05) is 38.1 Å². The van der Waals surface area contributed by atoms with Gasteiger partial charge in [0.25, 0.3) is 0 Å². The maximum Gasteiger partial charge on any atom is 0.103 e. The first kappa shape index (κ1) is 11.2. The van der Waals surface area contributed by atoms with Gasteiger partial charge in [-0.25, -0.2) is 0 Å². The van der Waals surface area contributed by atoms with E-state index in [-0.39, 0.29) is 0 Å². The number of hydrogen-bond acceptors (Lipinski definition) is 4. The van der Waals surface area contributed by atoms with Gasteiger partial charge in [-0.1, -0.05) is 11.8 Å². The summed E-state index contributed by atoms with van der Waals surface area (Å²) in [6.07, 6.45) is 3.82. The number of aryl methyl sites for hydroxylation is 3. The molecule has 0 unspecified atom stereocenters. The Morgan fingerprint density at radius 2 is 2.19 bits per heavy atom. The fourth-order valence-electron chi connectivity index (χ4n) is 1.61. The third-order valence-corrected chi connectivity index (χ3v) is 3.54. The van der Waals surface area contributed by atoms with E-state index in [0.29, 0.717) is 6.54 Å². The molecular formula is C10H15N5S. The molecule has 2 rings (SSSR count). The molecule has 0 saturated heterocycles. The van der Waals surface area contributed by atoms with Gasteiger partial charge in [-0.2, -0.15) is 10.2 Å². The molecule has 5 nitrogen and oxygen atoms in total. The standard InChI is InChI=1S/C10H15N5S/c1-7-9(4-11)10(15(3)13-7)16-8-5-12-14(2)6-8/h5-6H,4,11H2,1-3H3. The van der Waals surface area contributed by atoms with Crippen LogP contribution in [0.4, 0.5) is 0 Å². The van der Waals surface area contributed by atoms with Gasteiger partial charge in [0.2, 0.25) is 0 Å². The molecule has 0 amide bonds. The minimum absolute atomic E-state index is 0.516. The Morgan fingerprint density at radius 3 is 2.75 bits per heavy atom. The van der Waals surface area contributed by atoms with Gasteiger partial charge < -0.3 is 5.73 Å². The lowest BCUT2D eigenvalue weighted by Gasteiger charge is -2.02. The molecule has 0 aliphatic rings. The van der Waals surface area contributed by atoms with Crippen LogP contribution in [0, 0.1) is 6.92 Å². The van der Waals surface area contributed by atoms with Gasteiger partial charge in [-0.05, 0) is 6.92 Å². The first-order valence-corrected chi connectivity index (χ1v) is 5.82. The summed E-state index contributed by atoms with van der Waals surface area (Å²) in [5.74, 6) is 0. The predicted octanol–water partition coefficient (Wildman–Crippen LogP) is 1.07. The molecule has 0 aliphatic carbocycles. The predicted molar refractivity (Wildman–Crippen MR) is 63.2 cm³/mol. The van der Waals surface area contributed by atoms with Crippen LogP contribution in [0.3, 0.4) is 0 Å². The van der Waals surface area contributed by atoms with Crippen molar-refractivity contribution in [1.82, 2.24) is 19.6 Å². The molecule has 16 heavy (non-hydrogen) atoms. The Bertz CT molecular complexity index is 499. The Morgan fingerprint density at radius 1 is 1.44 bits per heavy atom. The summed E-state index contributed by atoms with van der Waals surface area (Å²) in [6, 6.07) is 0. The monoisotopic (exact) mass is 237 g/mol. The Hall–Kier alpha value is -1.27. The van der Waals surface area contributed by atoms with Crippen molar-refractivity contribution in [2.75, 3.05) is 0 Å². The second-order valence-corrected chi connectivity index (χ2v) is 4.71. The molecular weight excluding hydrogens is 222 g/mol. The van der Waals surface area contributed by atoms with Crippen molar-refractivity contribution in [3.8, 4) is 0 Å². The summed E-state index contributed by atoms with van der Waals surface area (Å²) >= 11 is 1.64. The Kier molecular flexibility index (Phi) is 3.02. The largest absolute Gasteiger partial charge is 0.326 e. The summed E-state index contributed by atoms with van der Waals surface area (Å²) in [5.41, 5.74) is 7.84. The molecule has 0 radical (unpaired) electrons. The van der Waals surface area contributed by atoms with Crippen LogP contribution in [0.5, 0.6) is 0 Å². The molecule has 2 N–H and O–H groups in total. The summed E-state index contributed by atoms with van der Waals surface area (Å²) in [5, 5.41) is 9.60. The molecule has 0 atom stereocenters. The normalized spacial score (nSPS) is 11.0. The highest BCUT2D eigenvalue weighted by Crippen LogP contribution is 2.30. The first-order chi connectivity index (χ1) is 7.61. The topological polar surface area (TPSA) is 61.7 Å². The van der Waals surface area contributed by atoms with Gasteiger partial charge in [-0.15, -0.1) is 0 Å². The van der Waals surface area contributed by atoms with E-state index in [1.165, 1.54) is 0 Å².